The average molecular weight is 372 g/mol. The fraction of sp³-hybridized carbons (Fsp3) is 0.308. The Morgan fingerprint density at radius 1 is 1.38 bits per heavy atom. The summed E-state index contributed by atoms with van der Waals surface area (Å²) in [5.41, 5.74) is 6.37. The molecule has 3 rings (SSSR count). The van der Waals surface area contributed by atoms with Crippen LogP contribution in [0, 0.1) is 0 Å². The Bertz CT molecular complexity index is 725. The van der Waals surface area contributed by atoms with E-state index in [0.29, 0.717) is 31.2 Å². The summed E-state index contributed by atoms with van der Waals surface area (Å²) in [5.74, 6) is -0.612. The first-order valence-corrected chi connectivity index (χ1v) is 8.33. The molecule has 1 aliphatic heterocycles. The monoisotopic (exact) mass is 371 g/mol. The molecule has 3 N–H and O–H groups in total. The number of nitrogens with one attached hydrogen (secondary N) is 1. The Labute approximate surface area is 132 Å². The van der Waals surface area contributed by atoms with Crippen molar-refractivity contribution in [2.45, 2.75) is 4.90 Å². The summed E-state index contributed by atoms with van der Waals surface area (Å²) in [6.45, 7) is 2.18. The average Bonchev–Trinajstić information content (AvgIpc) is 2.86. The summed E-state index contributed by atoms with van der Waals surface area (Å²) in [5, 5.41) is 0.739. The molecule has 1 amide bonds. The predicted octanol–water partition coefficient (Wildman–Crippen LogP) is 1.38. The van der Waals surface area contributed by atoms with Gasteiger partial charge in [-0.15, -0.1) is 0 Å². The largest absolute Gasteiger partial charge is 0.379 e. The zero-order valence-corrected chi connectivity index (χ0v) is 13.5. The highest BCUT2D eigenvalue weighted by Crippen LogP contribution is 2.29. The van der Waals surface area contributed by atoms with Gasteiger partial charge in [0.1, 0.15) is 16.7 Å². The third-order valence-corrected chi connectivity index (χ3v) is 5.44. The lowest BCUT2D eigenvalue weighted by Crippen LogP contribution is -2.38. The smallest absolute Gasteiger partial charge is 0.266 e. The van der Waals surface area contributed by atoms with Gasteiger partial charge >= 0.3 is 0 Å². The van der Waals surface area contributed by atoms with Crippen LogP contribution >= 0.6 is 15.9 Å². The van der Waals surface area contributed by atoms with Crippen LogP contribution in [-0.2, 0) is 15.7 Å². The summed E-state index contributed by atoms with van der Waals surface area (Å²) < 4.78 is 20.8. The predicted molar refractivity (Wildman–Crippen MR) is 83.3 cm³/mol. The summed E-state index contributed by atoms with van der Waals surface area (Å²) in [6.07, 6.45) is 0. The van der Waals surface area contributed by atoms with Crippen molar-refractivity contribution in [3.05, 3.63) is 28.4 Å². The van der Waals surface area contributed by atoms with Crippen LogP contribution in [0.1, 0.15) is 10.5 Å². The zero-order chi connectivity index (χ0) is 15.0. The first-order valence-electron chi connectivity index (χ1n) is 6.43. The molecule has 0 bridgehead atoms. The molecule has 0 aliphatic carbocycles. The number of aromatic nitrogens is 1. The van der Waals surface area contributed by atoms with Gasteiger partial charge in [0.2, 0.25) is 0 Å². The molecule has 1 aliphatic rings. The molecule has 0 spiro atoms. The minimum absolute atomic E-state index is 0.202. The summed E-state index contributed by atoms with van der Waals surface area (Å²) in [7, 11) is -1.45. The van der Waals surface area contributed by atoms with E-state index in [-0.39, 0.29) is 5.69 Å². The molecule has 0 saturated carbocycles. The van der Waals surface area contributed by atoms with Crippen molar-refractivity contribution in [2.75, 3.05) is 26.3 Å². The van der Waals surface area contributed by atoms with Gasteiger partial charge in [-0.2, -0.15) is 0 Å². The van der Waals surface area contributed by atoms with Crippen LogP contribution < -0.4 is 5.73 Å². The number of H-pyrrole nitrogens is 1. The number of morpholine rings is 1. The molecule has 6 nitrogen and oxygen atoms in total. The van der Waals surface area contributed by atoms with Gasteiger partial charge in [-0.25, -0.2) is 8.51 Å². The van der Waals surface area contributed by atoms with Crippen LogP contribution in [0.25, 0.3) is 10.9 Å². The standard InChI is InChI=1S/C13H14BrN3O3S/c14-8-1-2-10-9(7-8)12(11(16-10)13(15)18)21(19)17-3-5-20-6-4-17/h1-2,7,16H,3-6H2,(H2,15,18). The number of nitrogens with two attached hydrogens (primary N) is 1. The molecule has 1 atom stereocenters. The van der Waals surface area contributed by atoms with Gasteiger partial charge in [-0.3, -0.25) is 4.79 Å². The number of benzene rings is 1. The number of amides is 1. The minimum Gasteiger partial charge on any atom is -0.379 e. The van der Waals surface area contributed by atoms with E-state index in [0.717, 1.165) is 15.4 Å². The second kappa shape index (κ2) is 5.88. The van der Waals surface area contributed by atoms with Crippen molar-refractivity contribution in [1.82, 2.24) is 9.29 Å². The quantitative estimate of drug-likeness (QED) is 0.853. The highest BCUT2D eigenvalue weighted by Gasteiger charge is 2.26. The maximum atomic E-state index is 12.8. The number of primary amides is 1. The van der Waals surface area contributed by atoms with E-state index in [4.69, 9.17) is 10.5 Å². The molecular weight excluding hydrogens is 358 g/mol. The molecule has 112 valence electrons. The van der Waals surface area contributed by atoms with Gasteiger partial charge in [0.25, 0.3) is 5.91 Å². The molecule has 0 radical (unpaired) electrons. The number of fused-ring (bicyclic) bond motifs is 1. The molecule has 21 heavy (non-hydrogen) atoms. The fourth-order valence-corrected chi connectivity index (χ4v) is 4.12. The van der Waals surface area contributed by atoms with Crippen LogP contribution in [-0.4, -0.2) is 45.7 Å². The lowest BCUT2D eigenvalue weighted by atomic mass is 10.2. The summed E-state index contributed by atoms with van der Waals surface area (Å²) >= 11 is 3.40. The number of hydrogen-bond donors (Lipinski definition) is 2. The Balaban J connectivity index is 2.14. The fourth-order valence-electron chi connectivity index (χ4n) is 2.34. The Morgan fingerprint density at radius 3 is 2.76 bits per heavy atom. The van der Waals surface area contributed by atoms with E-state index in [2.05, 4.69) is 20.9 Å². The van der Waals surface area contributed by atoms with Gasteiger partial charge < -0.3 is 15.5 Å². The van der Waals surface area contributed by atoms with Crippen molar-refractivity contribution < 1.29 is 13.7 Å². The lowest BCUT2D eigenvalue weighted by Gasteiger charge is -2.25. The number of halogens is 1. The molecule has 1 aromatic carbocycles. The van der Waals surface area contributed by atoms with E-state index < -0.39 is 16.9 Å². The third kappa shape index (κ3) is 2.76. The molecule has 2 heterocycles. The molecule has 2 aromatic rings. The maximum absolute atomic E-state index is 12.8. The number of rotatable bonds is 3. The first kappa shape index (κ1) is 14.7. The Hall–Kier alpha value is -1.22. The number of nitrogens with zero attached hydrogens (tertiary/aromatic N) is 1. The minimum atomic E-state index is -1.45. The lowest BCUT2D eigenvalue weighted by molar-refractivity contribution is 0.0752. The molecule has 8 heteroatoms. The highest BCUT2D eigenvalue weighted by atomic mass is 79.9. The van der Waals surface area contributed by atoms with Crippen molar-refractivity contribution in [3.8, 4) is 0 Å². The van der Waals surface area contributed by atoms with Crippen LogP contribution in [0.5, 0.6) is 0 Å². The van der Waals surface area contributed by atoms with Crippen LogP contribution in [0.15, 0.2) is 27.6 Å². The summed E-state index contributed by atoms with van der Waals surface area (Å²) in [6, 6.07) is 5.52. The van der Waals surface area contributed by atoms with E-state index in [1.165, 1.54) is 0 Å². The molecular formula is C13H14BrN3O3S. The second-order valence-electron chi connectivity index (χ2n) is 4.67. The molecule has 1 fully saturated rings. The number of carbonyl (C=O) groups excluding carboxylic acids is 1. The van der Waals surface area contributed by atoms with Gasteiger partial charge in [-0.1, -0.05) is 15.9 Å². The number of hydrogen-bond acceptors (Lipinski definition) is 3. The van der Waals surface area contributed by atoms with Gasteiger partial charge in [0.05, 0.1) is 18.1 Å². The SMILES string of the molecule is NC(=O)c1[nH]c2ccc(Br)cc2c1S(=O)N1CCOCC1. The van der Waals surface area contributed by atoms with E-state index in [9.17, 15) is 9.00 Å². The van der Waals surface area contributed by atoms with Crippen LogP contribution in [0.4, 0.5) is 0 Å². The third-order valence-electron chi connectivity index (χ3n) is 3.34. The molecule has 1 unspecified atom stereocenters. The second-order valence-corrected chi connectivity index (χ2v) is 7.01. The summed E-state index contributed by atoms with van der Waals surface area (Å²) in [4.78, 5) is 15.1. The van der Waals surface area contributed by atoms with Crippen molar-refractivity contribution in [2.24, 2.45) is 5.73 Å². The van der Waals surface area contributed by atoms with E-state index in [1.807, 2.05) is 18.2 Å². The van der Waals surface area contributed by atoms with E-state index >= 15 is 0 Å². The first-order chi connectivity index (χ1) is 10.1. The van der Waals surface area contributed by atoms with E-state index in [1.54, 1.807) is 4.31 Å². The zero-order valence-electron chi connectivity index (χ0n) is 11.1. The van der Waals surface area contributed by atoms with Crippen LogP contribution in [0.3, 0.4) is 0 Å². The number of ether oxygens (including phenoxy) is 1. The van der Waals surface area contributed by atoms with Crippen molar-refractivity contribution in [3.63, 3.8) is 0 Å². The van der Waals surface area contributed by atoms with Gasteiger partial charge in [0.15, 0.2) is 0 Å². The van der Waals surface area contributed by atoms with Crippen molar-refractivity contribution >= 4 is 43.7 Å². The Morgan fingerprint density at radius 2 is 2.10 bits per heavy atom. The maximum Gasteiger partial charge on any atom is 0.266 e. The number of aromatic amines is 1. The highest BCUT2D eigenvalue weighted by molar-refractivity contribution is 9.10. The van der Waals surface area contributed by atoms with Gasteiger partial charge in [0, 0.05) is 28.5 Å². The molecule has 1 saturated heterocycles. The normalized spacial score (nSPS) is 18.0. The molecule has 1 aromatic heterocycles. The van der Waals surface area contributed by atoms with Gasteiger partial charge in [-0.05, 0) is 18.2 Å². The van der Waals surface area contributed by atoms with Crippen LogP contribution in [0.2, 0.25) is 0 Å². The topological polar surface area (TPSA) is 88.4 Å². The Kier molecular flexibility index (Phi) is 4.12. The number of carbonyl (C=O) groups is 1. The van der Waals surface area contributed by atoms with Crippen molar-refractivity contribution in [1.29, 1.82) is 0 Å².